The third-order valence-corrected chi connectivity index (χ3v) is 5.30. The van der Waals surface area contributed by atoms with Crippen molar-refractivity contribution in [1.82, 2.24) is 0 Å². The normalized spacial score (nSPS) is 23.4. The second-order valence-corrected chi connectivity index (χ2v) is 6.82. The van der Waals surface area contributed by atoms with Gasteiger partial charge in [-0.05, 0) is 37.0 Å². The number of anilines is 1. The van der Waals surface area contributed by atoms with Crippen LogP contribution in [0.3, 0.4) is 0 Å². The van der Waals surface area contributed by atoms with Gasteiger partial charge < -0.3 is 15.4 Å². The fourth-order valence-corrected chi connectivity index (χ4v) is 4.04. The van der Waals surface area contributed by atoms with Crippen LogP contribution in [0.2, 0.25) is 0 Å². The average Bonchev–Trinajstić information content (AvgIpc) is 3.15. The van der Waals surface area contributed by atoms with Gasteiger partial charge in [-0.2, -0.15) is 5.26 Å². The summed E-state index contributed by atoms with van der Waals surface area (Å²) in [7, 11) is 0. The Morgan fingerprint density at radius 3 is 2.52 bits per heavy atom. The van der Waals surface area contributed by atoms with Gasteiger partial charge in [0.2, 0.25) is 5.88 Å². The third kappa shape index (κ3) is 2.68. The molecule has 2 aliphatic heterocycles. The van der Waals surface area contributed by atoms with Crippen molar-refractivity contribution in [2.75, 3.05) is 18.0 Å². The van der Waals surface area contributed by atoms with E-state index in [2.05, 4.69) is 23.1 Å². The van der Waals surface area contributed by atoms with E-state index in [0.29, 0.717) is 29.7 Å². The number of hydrogen-bond acceptors (Lipinski definition) is 5. The second kappa shape index (κ2) is 6.29. The van der Waals surface area contributed by atoms with Crippen LogP contribution in [-0.4, -0.2) is 18.9 Å². The topological polar surface area (TPSA) is 79.4 Å². The van der Waals surface area contributed by atoms with E-state index in [9.17, 15) is 10.1 Å². The first-order valence-corrected chi connectivity index (χ1v) is 8.88. The van der Waals surface area contributed by atoms with Gasteiger partial charge in [0.15, 0.2) is 5.78 Å². The molecule has 1 aromatic carbocycles. The largest absolute Gasteiger partial charge is 0.444 e. The van der Waals surface area contributed by atoms with Crippen molar-refractivity contribution in [3.8, 4) is 6.07 Å². The number of nitriles is 1. The minimum atomic E-state index is -0.408. The van der Waals surface area contributed by atoms with E-state index in [1.54, 1.807) is 0 Å². The molecule has 5 nitrogen and oxygen atoms in total. The predicted octanol–water partition coefficient (Wildman–Crippen LogP) is 3.10. The summed E-state index contributed by atoms with van der Waals surface area (Å²) in [5.41, 5.74) is 9.05. The number of carbonyl (C=O) groups is 1. The molecule has 2 heterocycles. The molecule has 2 N–H and O–H groups in total. The second-order valence-electron chi connectivity index (χ2n) is 6.82. The Morgan fingerprint density at radius 1 is 1.12 bits per heavy atom. The summed E-state index contributed by atoms with van der Waals surface area (Å²) in [6.45, 7) is 2.17. The van der Waals surface area contributed by atoms with Gasteiger partial charge in [0, 0.05) is 37.2 Å². The Morgan fingerprint density at radius 2 is 1.84 bits per heavy atom. The molecule has 1 atom stereocenters. The van der Waals surface area contributed by atoms with E-state index in [0.717, 1.165) is 25.1 Å². The molecule has 128 valence electrons. The van der Waals surface area contributed by atoms with E-state index in [4.69, 9.17) is 10.5 Å². The molecule has 1 aliphatic carbocycles. The maximum absolute atomic E-state index is 12.5. The van der Waals surface area contributed by atoms with Crippen LogP contribution < -0.4 is 10.6 Å². The molecule has 0 radical (unpaired) electrons. The van der Waals surface area contributed by atoms with Crippen LogP contribution in [0.1, 0.15) is 43.6 Å². The smallest absolute Gasteiger partial charge is 0.205 e. The minimum Gasteiger partial charge on any atom is -0.444 e. The van der Waals surface area contributed by atoms with Crippen molar-refractivity contribution >= 4 is 11.5 Å². The molecule has 5 heteroatoms. The zero-order chi connectivity index (χ0) is 17.4. The van der Waals surface area contributed by atoms with E-state index >= 15 is 0 Å². The van der Waals surface area contributed by atoms with Gasteiger partial charge in [-0.3, -0.25) is 4.79 Å². The zero-order valence-electron chi connectivity index (χ0n) is 14.1. The number of rotatable bonds is 2. The van der Waals surface area contributed by atoms with Crippen molar-refractivity contribution in [2.45, 2.75) is 38.0 Å². The van der Waals surface area contributed by atoms with Crippen molar-refractivity contribution in [1.29, 1.82) is 5.26 Å². The fourth-order valence-electron chi connectivity index (χ4n) is 4.04. The highest BCUT2D eigenvalue weighted by Gasteiger charge is 2.37. The molecule has 0 spiro atoms. The number of nitrogens with two attached hydrogens (primary N) is 1. The highest BCUT2D eigenvalue weighted by Crippen LogP contribution is 2.43. The first-order chi connectivity index (χ1) is 12.2. The molecule has 1 aromatic rings. The van der Waals surface area contributed by atoms with Crippen molar-refractivity contribution in [3.63, 3.8) is 0 Å². The zero-order valence-corrected chi connectivity index (χ0v) is 14.1. The number of carbonyl (C=O) groups excluding carboxylic acids is 1. The Balaban J connectivity index is 1.74. The summed E-state index contributed by atoms with van der Waals surface area (Å²) in [5.74, 6) is 0.426. The summed E-state index contributed by atoms with van der Waals surface area (Å²) >= 11 is 0. The Hall–Kier alpha value is -2.74. The minimum absolute atomic E-state index is 0.0649. The number of hydrogen-bond donors (Lipinski definition) is 1. The van der Waals surface area contributed by atoms with E-state index in [1.165, 1.54) is 18.5 Å². The van der Waals surface area contributed by atoms with Gasteiger partial charge >= 0.3 is 0 Å². The summed E-state index contributed by atoms with van der Waals surface area (Å²) < 4.78 is 5.61. The Bertz CT molecular complexity index is 808. The fraction of sp³-hybridized carbons (Fsp3) is 0.400. The molecule has 0 amide bonds. The highest BCUT2D eigenvalue weighted by atomic mass is 16.5. The summed E-state index contributed by atoms with van der Waals surface area (Å²) in [4.78, 5) is 14.9. The predicted molar refractivity (Wildman–Crippen MR) is 94.4 cm³/mol. The number of ketones is 1. The van der Waals surface area contributed by atoms with Gasteiger partial charge in [-0.15, -0.1) is 0 Å². The van der Waals surface area contributed by atoms with Crippen LogP contribution >= 0.6 is 0 Å². The van der Waals surface area contributed by atoms with E-state index < -0.39 is 5.92 Å². The SMILES string of the molecule is N#CC1=C(N)OC2=C(C(=O)CCC2)C1c1ccc(N2CCCC2)cc1. The van der Waals surface area contributed by atoms with Gasteiger partial charge in [0.1, 0.15) is 17.4 Å². The van der Waals surface area contributed by atoms with Gasteiger partial charge in [0.05, 0.1) is 5.92 Å². The van der Waals surface area contributed by atoms with Gasteiger partial charge in [-0.25, -0.2) is 0 Å². The van der Waals surface area contributed by atoms with E-state index in [1.807, 2.05) is 12.1 Å². The molecule has 25 heavy (non-hydrogen) atoms. The molecule has 0 saturated carbocycles. The van der Waals surface area contributed by atoms with Gasteiger partial charge in [0.25, 0.3) is 0 Å². The lowest BCUT2D eigenvalue weighted by Gasteiger charge is -2.31. The maximum Gasteiger partial charge on any atom is 0.205 e. The summed E-state index contributed by atoms with van der Waals surface area (Å²) in [6, 6.07) is 10.3. The van der Waals surface area contributed by atoms with Crippen LogP contribution in [0.4, 0.5) is 5.69 Å². The lowest BCUT2D eigenvalue weighted by Crippen LogP contribution is -2.27. The van der Waals surface area contributed by atoms with Crippen LogP contribution in [0.5, 0.6) is 0 Å². The van der Waals surface area contributed by atoms with E-state index in [-0.39, 0.29) is 11.7 Å². The standard InChI is InChI=1S/C20H21N3O2/c21-12-15-18(19-16(24)4-3-5-17(19)25-20(15)22)13-6-8-14(9-7-13)23-10-1-2-11-23/h6-9,18H,1-5,10-11,22H2. The molecule has 0 aromatic heterocycles. The van der Waals surface area contributed by atoms with Crippen LogP contribution in [0.25, 0.3) is 0 Å². The molecule has 3 aliphatic rings. The molecule has 1 fully saturated rings. The third-order valence-electron chi connectivity index (χ3n) is 5.30. The van der Waals surface area contributed by atoms with Crippen molar-refractivity contribution in [3.05, 3.63) is 52.6 Å². The van der Waals surface area contributed by atoms with Crippen LogP contribution in [0, 0.1) is 11.3 Å². The number of Topliss-reactive ketones (excluding diaryl/α,β-unsaturated/α-hetero) is 1. The summed E-state index contributed by atoms with van der Waals surface area (Å²) in [6.07, 6.45) is 4.42. The van der Waals surface area contributed by atoms with Crippen molar-refractivity contribution < 1.29 is 9.53 Å². The molecule has 1 saturated heterocycles. The van der Waals surface area contributed by atoms with Gasteiger partial charge in [-0.1, -0.05) is 12.1 Å². The highest BCUT2D eigenvalue weighted by molar-refractivity contribution is 5.99. The quantitative estimate of drug-likeness (QED) is 0.898. The van der Waals surface area contributed by atoms with Crippen LogP contribution in [0.15, 0.2) is 47.1 Å². The van der Waals surface area contributed by atoms with Crippen molar-refractivity contribution in [2.24, 2.45) is 5.73 Å². The first-order valence-electron chi connectivity index (χ1n) is 8.88. The molecular weight excluding hydrogens is 314 g/mol. The summed E-state index contributed by atoms with van der Waals surface area (Å²) in [5, 5.41) is 9.59. The maximum atomic E-state index is 12.5. The molecule has 0 bridgehead atoms. The van der Waals surface area contributed by atoms with Crippen LogP contribution in [-0.2, 0) is 9.53 Å². The lowest BCUT2D eigenvalue weighted by atomic mass is 9.77. The monoisotopic (exact) mass is 335 g/mol. The average molecular weight is 335 g/mol. The Labute approximate surface area is 147 Å². The molecule has 1 unspecified atom stereocenters. The Kier molecular flexibility index (Phi) is 3.96. The molecular formula is C20H21N3O2. The molecule has 4 rings (SSSR count). The number of allylic oxidation sites excluding steroid dienone is 3. The number of nitrogens with zero attached hydrogens (tertiary/aromatic N) is 2. The first kappa shape index (κ1) is 15.8. The number of benzene rings is 1. The lowest BCUT2D eigenvalue weighted by molar-refractivity contribution is -0.116. The number of ether oxygens (including phenoxy) is 1.